The second-order valence-corrected chi connectivity index (χ2v) is 6.41. The molecule has 0 radical (unpaired) electrons. The van der Waals surface area contributed by atoms with Crippen molar-refractivity contribution in [1.82, 2.24) is 19.4 Å². The van der Waals surface area contributed by atoms with Crippen LogP contribution in [-0.4, -0.2) is 38.9 Å². The highest BCUT2D eigenvalue weighted by atomic mass is 16.2. The van der Waals surface area contributed by atoms with Crippen LogP contribution in [0.2, 0.25) is 0 Å². The summed E-state index contributed by atoms with van der Waals surface area (Å²) in [5.41, 5.74) is 2.67. The molecule has 25 heavy (non-hydrogen) atoms. The molecular weight excluding hydrogens is 314 g/mol. The third-order valence-electron chi connectivity index (χ3n) is 4.89. The number of anilines is 1. The largest absolute Gasteiger partial charge is 0.372 e. The van der Waals surface area contributed by atoms with Crippen LogP contribution in [0.15, 0.2) is 42.9 Å². The Morgan fingerprint density at radius 1 is 1.28 bits per heavy atom. The van der Waals surface area contributed by atoms with Gasteiger partial charge in [-0.15, -0.1) is 0 Å². The SMILES string of the molecule is CNc1cncc([C@@H]2CCCN2C(=O)c2cn(C)c3ccccc23)n1. The zero-order valence-electron chi connectivity index (χ0n) is 14.4. The topological polar surface area (TPSA) is 63.1 Å². The predicted molar refractivity (Wildman–Crippen MR) is 97.5 cm³/mol. The number of likely N-dealkylation sites (tertiary alicyclic amines) is 1. The van der Waals surface area contributed by atoms with Crippen molar-refractivity contribution in [3.05, 3.63) is 54.1 Å². The van der Waals surface area contributed by atoms with Crippen LogP contribution in [0.4, 0.5) is 5.82 Å². The van der Waals surface area contributed by atoms with Gasteiger partial charge in [0, 0.05) is 37.7 Å². The van der Waals surface area contributed by atoms with Crippen LogP contribution in [0.1, 0.15) is 34.9 Å². The first-order valence-electron chi connectivity index (χ1n) is 8.54. The van der Waals surface area contributed by atoms with Crippen LogP contribution in [0, 0.1) is 0 Å². The van der Waals surface area contributed by atoms with Gasteiger partial charge in [-0.3, -0.25) is 9.78 Å². The Morgan fingerprint density at radius 3 is 2.96 bits per heavy atom. The third kappa shape index (κ3) is 2.63. The first-order valence-corrected chi connectivity index (χ1v) is 8.54. The molecule has 1 aliphatic heterocycles. The average Bonchev–Trinajstić information content (AvgIpc) is 3.27. The molecule has 1 saturated heterocycles. The maximum absolute atomic E-state index is 13.3. The fourth-order valence-electron chi connectivity index (χ4n) is 3.65. The molecular formula is C19H21N5O. The van der Waals surface area contributed by atoms with Gasteiger partial charge in [0.05, 0.1) is 29.7 Å². The molecule has 2 aromatic heterocycles. The number of rotatable bonds is 3. The molecule has 3 heterocycles. The number of nitrogens with zero attached hydrogens (tertiary/aromatic N) is 4. The minimum absolute atomic E-state index is 0.0210. The third-order valence-corrected chi connectivity index (χ3v) is 4.89. The van der Waals surface area contributed by atoms with Gasteiger partial charge in [-0.2, -0.15) is 0 Å². The summed E-state index contributed by atoms with van der Waals surface area (Å²) in [5, 5.41) is 4.01. The predicted octanol–water partition coefficient (Wildman–Crippen LogP) is 2.99. The summed E-state index contributed by atoms with van der Waals surface area (Å²) >= 11 is 0. The second kappa shape index (κ2) is 6.20. The molecule has 6 heteroatoms. The standard InChI is InChI=1S/C19H21N5O/c1-20-18-11-21-10-15(22-18)17-8-5-9-24(17)19(25)14-12-23(2)16-7-4-3-6-13(14)16/h3-4,6-7,10-12,17H,5,8-9H2,1-2H3,(H,20,22)/t17-/m0/s1. The summed E-state index contributed by atoms with van der Waals surface area (Å²) in [5.74, 6) is 0.790. The van der Waals surface area contributed by atoms with Crippen molar-refractivity contribution in [3.8, 4) is 0 Å². The molecule has 0 aliphatic carbocycles. The quantitative estimate of drug-likeness (QED) is 0.799. The minimum Gasteiger partial charge on any atom is -0.372 e. The normalized spacial score (nSPS) is 17.2. The summed E-state index contributed by atoms with van der Waals surface area (Å²) in [6.45, 7) is 0.748. The van der Waals surface area contributed by atoms with E-state index in [0.29, 0.717) is 0 Å². The molecule has 0 bridgehead atoms. The van der Waals surface area contributed by atoms with Crippen LogP contribution in [0.25, 0.3) is 10.9 Å². The highest BCUT2D eigenvalue weighted by Gasteiger charge is 2.33. The molecule has 3 aromatic rings. The first kappa shape index (κ1) is 15.6. The maximum Gasteiger partial charge on any atom is 0.256 e. The van der Waals surface area contributed by atoms with E-state index < -0.39 is 0 Å². The number of benzene rings is 1. The van der Waals surface area contributed by atoms with E-state index in [1.807, 2.05) is 54.0 Å². The van der Waals surface area contributed by atoms with E-state index >= 15 is 0 Å². The van der Waals surface area contributed by atoms with E-state index in [1.54, 1.807) is 12.4 Å². The molecule has 1 atom stereocenters. The smallest absolute Gasteiger partial charge is 0.256 e. The van der Waals surface area contributed by atoms with E-state index in [2.05, 4.69) is 15.3 Å². The maximum atomic E-state index is 13.3. The summed E-state index contributed by atoms with van der Waals surface area (Å²) in [6.07, 6.45) is 7.28. The van der Waals surface area contributed by atoms with E-state index in [0.717, 1.165) is 47.4 Å². The van der Waals surface area contributed by atoms with E-state index in [9.17, 15) is 4.79 Å². The van der Waals surface area contributed by atoms with Gasteiger partial charge in [0.15, 0.2) is 0 Å². The van der Waals surface area contributed by atoms with Crippen LogP contribution in [0.3, 0.4) is 0 Å². The lowest BCUT2D eigenvalue weighted by molar-refractivity contribution is 0.0734. The molecule has 6 nitrogen and oxygen atoms in total. The number of aryl methyl sites for hydroxylation is 1. The van der Waals surface area contributed by atoms with Gasteiger partial charge in [0.2, 0.25) is 0 Å². The van der Waals surface area contributed by atoms with Gasteiger partial charge in [0.1, 0.15) is 5.82 Å². The molecule has 1 fully saturated rings. The van der Waals surface area contributed by atoms with Gasteiger partial charge in [-0.1, -0.05) is 18.2 Å². The van der Waals surface area contributed by atoms with E-state index in [-0.39, 0.29) is 11.9 Å². The molecule has 0 spiro atoms. The number of carbonyl (C=O) groups excluding carboxylic acids is 1. The summed E-state index contributed by atoms with van der Waals surface area (Å²) in [7, 11) is 3.80. The van der Waals surface area contributed by atoms with Crippen molar-refractivity contribution in [2.75, 3.05) is 18.9 Å². The van der Waals surface area contributed by atoms with Gasteiger partial charge in [-0.05, 0) is 18.9 Å². The number of nitrogens with one attached hydrogen (secondary N) is 1. The number of fused-ring (bicyclic) bond motifs is 1. The van der Waals surface area contributed by atoms with Crippen molar-refractivity contribution in [3.63, 3.8) is 0 Å². The Hall–Kier alpha value is -2.89. The van der Waals surface area contributed by atoms with Gasteiger partial charge in [-0.25, -0.2) is 4.98 Å². The lowest BCUT2D eigenvalue weighted by Gasteiger charge is -2.24. The molecule has 0 unspecified atom stereocenters. The van der Waals surface area contributed by atoms with Crippen molar-refractivity contribution in [2.45, 2.75) is 18.9 Å². The average molecular weight is 335 g/mol. The van der Waals surface area contributed by atoms with Gasteiger partial charge < -0.3 is 14.8 Å². The molecule has 0 saturated carbocycles. The molecule has 1 amide bonds. The molecule has 1 N–H and O–H groups in total. The Bertz CT molecular complexity index is 932. The van der Waals surface area contributed by atoms with Gasteiger partial charge >= 0.3 is 0 Å². The van der Waals surface area contributed by atoms with Crippen molar-refractivity contribution < 1.29 is 4.79 Å². The second-order valence-electron chi connectivity index (χ2n) is 6.41. The summed E-state index contributed by atoms with van der Waals surface area (Å²) in [6, 6.07) is 7.99. The molecule has 1 aliphatic rings. The number of hydrogen-bond donors (Lipinski definition) is 1. The molecule has 4 rings (SSSR count). The molecule has 128 valence electrons. The van der Waals surface area contributed by atoms with Gasteiger partial charge in [0.25, 0.3) is 5.91 Å². The van der Waals surface area contributed by atoms with Crippen molar-refractivity contribution in [1.29, 1.82) is 0 Å². The lowest BCUT2D eigenvalue weighted by atomic mass is 10.1. The monoisotopic (exact) mass is 335 g/mol. The lowest BCUT2D eigenvalue weighted by Crippen LogP contribution is -2.31. The number of carbonyl (C=O) groups is 1. The molecule has 1 aromatic carbocycles. The fraction of sp³-hybridized carbons (Fsp3) is 0.316. The highest BCUT2D eigenvalue weighted by Crippen LogP contribution is 2.33. The van der Waals surface area contributed by atoms with Crippen molar-refractivity contribution >= 4 is 22.6 Å². The van der Waals surface area contributed by atoms with Crippen LogP contribution >= 0.6 is 0 Å². The number of amides is 1. The Labute approximate surface area is 146 Å². The number of para-hydroxylation sites is 1. The van der Waals surface area contributed by atoms with Crippen LogP contribution in [-0.2, 0) is 7.05 Å². The Balaban J connectivity index is 1.71. The number of hydrogen-bond acceptors (Lipinski definition) is 4. The summed E-state index contributed by atoms with van der Waals surface area (Å²) in [4.78, 5) is 24.0. The van der Waals surface area contributed by atoms with Crippen LogP contribution < -0.4 is 5.32 Å². The fourth-order valence-corrected chi connectivity index (χ4v) is 3.65. The Kier molecular flexibility index (Phi) is 3.87. The Morgan fingerprint density at radius 2 is 2.12 bits per heavy atom. The minimum atomic E-state index is -0.0210. The van der Waals surface area contributed by atoms with Crippen molar-refractivity contribution in [2.24, 2.45) is 7.05 Å². The van der Waals surface area contributed by atoms with E-state index in [1.165, 1.54) is 0 Å². The zero-order valence-corrected chi connectivity index (χ0v) is 14.4. The van der Waals surface area contributed by atoms with E-state index in [4.69, 9.17) is 0 Å². The number of aromatic nitrogens is 3. The zero-order chi connectivity index (χ0) is 17.4. The summed E-state index contributed by atoms with van der Waals surface area (Å²) < 4.78 is 2.01. The van der Waals surface area contributed by atoms with Crippen LogP contribution in [0.5, 0.6) is 0 Å². The first-order chi connectivity index (χ1) is 12.2. The highest BCUT2D eigenvalue weighted by molar-refractivity contribution is 6.07.